The van der Waals surface area contributed by atoms with E-state index in [4.69, 9.17) is 11.6 Å². The summed E-state index contributed by atoms with van der Waals surface area (Å²) in [7, 11) is 0. The summed E-state index contributed by atoms with van der Waals surface area (Å²) in [6.45, 7) is 2.09. The Balaban J connectivity index is 1.41. The highest BCUT2D eigenvalue weighted by atomic mass is 35.5. The molecule has 0 saturated carbocycles. The van der Waals surface area contributed by atoms with E-state index in [1.807, 2.05) is 31.2 Å². The minimum Gasteiger partial charge on any atom is -0.329 e. The Morgan fingerprint density at radius 3 is 2.55 bits per heavy atom. The number of hydrogen-bond donors (Lipinski definition) is 1. The summed E-state index contributed by atoms with van der Waals surface area (Å²) in [4.78, 5) is 41.3. The largest absolute Gasteiger partial charge is 0.436 e. The van der Waals surface area contributed by atoms with Gasteiger partial charge in [0.2, 0.25) is 11.8 Å². The van der Waals surface area contributed by atoms with Gasteiger partial charge >= 0.3 is 6.18 Å². The predicted molar refractivity (Wildman–Crippen MR) is 151 cm³/mol. The van der Waals surface area contributed by atoms with Gasteiger partial charge in [-0.15, -0.1) is 5.10 Å². The number of ketones is 1. The lowest BCUT2D eigenvalue weighted by Gasteiger charge is -2.34. The number of alkyl halides is 3. The second-order valence-electron chi connectivity index (χ2n) is 10.6. The molecule has 5 rings (SSSR count). The third-order valence-electron chi connectivity index (χ3n) is 7.76. The second kappa shape index (κ2) is 12.1. The summed E-state index contributed by atoms with van der Waals surface area (Å²) in [5, 5.41) is 10.2. The number of carbonyl (C=O) groups excluding carboxylic acids is 3. The van der Waals surface area contributed by atoms with Crippen molar-refractivity contribution in [1.82, 2.24) is 19.9 Å². The summed E-state index contributed by atoms with van der Waals surface area (Å²) < 4.78 is 40.5. The van der Waals surface area contributed by atoms with Crippen LogP contribution in [0.3, 0.4) is 0 Å². The Labute approximate surface area is 245 Å². The van der Waals surface area contributed by atoms with Crippen LogP contribution in [0.5, 0.6) is 0 Å². The number of carbonyl (C=O) groups is 3. The van der Waals surface area contributed by atoms with Crippen LogP contribution in [-0.2, 0) is 27.0 Å². The maximum atomic E-state index is 13.5. The number of rotatable bonds is 3. The summed E-state index contributed by atoms with van der Waals surface area (Å²) in [5.74, 6) is -0.777. The Hall–Kier alpha value is -3.99. The van der Waals surface area contributed by atoms with E-state index in [1.54, 1.807) is 11.0 Å². The Kier molecular flexibility index (Phi) is 8.49. The van der Waals surface area contributed by atoms with Crippen LogP contribution in [0.25, 0.3) is 11.3 Å². The number of nitrogens with zero attached hydrogens (tertiary/aromatic N) is 4. The normalized spacial score (nSPS) is 20.7. The van der Waals surface area contributed by atoms with Crippen molar-refractivity contribution in [3.63, 3.8) is 0 Å². The minimum absolute atomic E-state index is 0.0553. The number of aromatic nitrogens is 3. The standard InChI is InChI=1S/C30H29ClF3N5O3/c1-18-5-4-8-25(26(40)12-9-19-6-2-3-7-23(19)35-29(18)42)38-14-13-20(15-28(38)41)22-16-21(31)10-11-24(22)39-17-27(36-37-39)30(32,33)34/h2-3,6-7,10-11,15-18,25H,4-5,8-9,12-14H2,1H3,(H,35,42)/t18-,25+/m1/s1. The van der Waals surface area contributed by atoms with Crippen molar-refractivity contribution in [1.29, 1.82) is 0 Å². The molecule has 0 fully saturated rings. The maximum absolute atomic E-state index is 13.5. The Bertz CT molecular complexity index is 1550. The average molecular weight is 600 g/mol. The smallest absolute Gasteiger partial charge is 0.329 e. The molecule has 0 saturated heterocycles. The molecule has 42 heavy (non-hydrogen) atoms. The van der Waals surface area contributed by atoms with Crippen molar-refractivity contribution in [3.05, 3.63) is 76.6 Å². The van der Waals surface area contributed by atoms with Crippen molar-refractivity contribution in [2.45, 2.75) is 57.7 Å². The van der Waals surface area contributed by atoms with Crippen molar-refractivity contribution >= 4 is 40.5 Å². The van der Waals surface area contributed by atoms with E-state index in [0.29, 0.717) is 59.6 Å². The molecule has 3 heterocycles. The van der Waals surface area contributed by atoms with Gasteiger partial charge in [-0.25, -0.2) is 4.68 Å². The number of anilines is 1. The highest BCUT2D eigenvalue weighted by Gasteiger charge is 2.35. The molecule has 0 spiro atoms. The quantitative estimate of drug-likeness (QED) is 0.405. The SMILES string of the molecule is C[C@@H]1CCC[C@H](N2CCC(c3cc(Cl)ccc3-n3cc(C(F)(F)F)nn3)=CC2=O)C(=O)CCc2ccccc2NC1=O. The number of nitrogens with one attached hydrogen (secondary N) is 1. The Morgan fingerprint density at radius 1 is 1.02 bits per heavy atom. The molecule has 12 heteroatoms. The number of aryl methyl sites for hydroxylation is 1. The van der Waals surface area contributed by atoms with Gasteiger partial charge in [-0.3, -0.25) is 14.4 Å². The topological polar surface area (TPSA) is 97.2 Å². The zero-order valence-electron chi connectivity index (χ0n) is 22.8. The summed E-state index contributed by atoms with van der Waals surface area (Å²) in [6, 6.07) is 11.4. The molecule has 2 atom stereocenters. The molecule has 2 aliphatic heterocycles. The van der Waals surface area contributed by atoms with E-state index in [0.717, 1.165) is 16.4 Å². The van der Waals surface area contributed by atoms with E-state index in [1.165, 1.54) is 18.2 Å². The van der Waals surface area contributed by atoms with Gasteiger partial charge < -0.3 is 10.2 Å². The number of hydrogen-bond acceptors (Lipinski definition) is 5. The van der Waals surface area contributed by atoms with E-state index in [2.05, 4.69) is 15.6 Å². The molecule has 220 valence electrons. The molecule has 2 aliphatic rings. The van der Waals surface area contributed by atoms with Crippen molar-refractivity contribution in [2.75, 3.05) is 11.9 Å². The maximum Gasteiger partial charge on any atom is 0.436 e. The predicted octanol–water partition coefficient (Wildman–Crippen LogP) is 5.88. The third kappa shape index (κ3) is 6.41. The van der Waals surface area contributed by atoms with Crippen molar-refractivity contribution in [2.24, 2.45) is 5.92 Å². The van der Waals surface area contributed by atoms with E-state index >= 15 is 0 Å². The zero-order valence-corrected chi connectivity index (χ0v) is 23.6. The molecule has 0 unspecified atom stereocenters. The van der Waals surface area contributed by atoms with Crippen LogP contribution in [0, 0.1) is 5.92 Å². The van der Waals surface area contributed by atoms with Crippen LogP contribution in [0.2, 0.25) is 5.02 Å². The first-order valence-corrected chi connectivity index (χ1v) is 14.1. The van der Waals surface area contributed by atoms with Crippen LogP contribution < -0.4 is 5.32 Å². The molecule has 1 aromatic heterocycles. The fraction of sp³-hybridized carbons (Fsp3) is 0.367. The van der Waals surface area contributed by atoms with Crippen molar-refractivity contribution < 1.29 is 27.6 Å². The molecular weight excluding hydrogens is 571 g/mol. The van der Waals surface area contributed by atoms with Gasteiger partial charge in [0.25, 0.3) is 0 Å². The van der Waals surface area contributed by atoms with Crippen LogP contribution in [0.15, 0.2) is 54.7 Å². The number of para-hydroxylation sites is 1. The molecule has 2 amide bonds. The monoisotopic (exact) mass is 599 g/mol. The third-order valence-corrected chi connectivity index (χ3v) is 8.00. The number of halogens is 4. The molecular formula is C30H29ClF3N5O3. The van der Waals surface area contributed by atoms with Crippen molar-refractivity contribution in [3.8, 4) is 5.69 Å². The van der Waals surface area contributed by atoms with Crippen LogP contribution in [0.4, 0.5) is 18.9 Å². The highest BCUT2D eigenvalue weighted by molar-refractivity contribution is 6.30. The van der Waals surface area contributed by atoms with Gasteiger partial charge in [0.1, 0.15) is 0 Å². The van der Waals surface area contributed by atoms with E-state index < -0.39 is 17.9 Å². The molecule has 0 bridgehead atoms. The van der Waals surface area contributed by atoms with E-state index in [9.17, 15) is 27.6 Å². The number of benzene rings is 2. The number of Topliss-reactive ketones (excluding diaryl/α,β-unsaturated/α-hetero) is 1. The van der Waals surface area contributed by atoms with Crippen LogP contribution >= 0.6 is 11.6 Å². The summed E-state index contributed by atoms with van der Waals surface area (Å²) in [5.41, 5.74) is 1.72. The molecule has 0 aliphatic carbocycles. The highest BCUT2D eigenvalue weighted by Crippen LogP contribution is 2.33. The first-order valence-electron chi connectivity index (χ1n) is 13.7. The van der Waals surface area contributed by atoms with Gasteiger partial charge in [0.05, 0.1) is 17.9 Å². The van der Waals surface area contributed by atoms with Gasteiger partial charge in [0.15, 0.2) is 11.5 Å². The number of fused-ring (bicyclic) bond motifs is 1. The lowest BCUT2D eigenvalue weighted by atomic mass is 9.91. The van der Waals surface area contributed by atoms with Gasteiger partial charge in [-0.2, -0.15) is 13.2 Å². The van der Waals surface area contributed by atoms with Crippen LogP contribution in [-0.4, -0.2) is 50.1 Å². The van der Waals surface area contributed by atoms with E-state index in [-0.39, 0.29) is 36.5 Å². The zero-order chi connectivity index (χ0) is 30.0. The van der Waals surface area contributed by atoms with Gasteiger partial charge in [-0.05, 0) is 61.1 Å². The molecule has 2 aromatic carbocycles. The second-order valence-corrected chi connectivity index (χ2v) is 11.1. The fourth-order valence-electron chi connectivity index (χ4n) is 5.43. The Morgan fingerprint density at radius 2 is 1.81 bits per heavy atom. The van der Waals surface area contributed by atoms with Gasteiger partial charge in [-0.1, -0.05) is 48.4 Å². The molecule has 3 aromatic rings. The lowest BCUT2D eigenvalue weighted by molar-refractivity contribution is -0.141. The molecule has 0 radical (unpaired) electrons. The first kappa shape index (κ1) is 29.5. The van der Waals surface area contributed by atoms with Crippen LogP contribution in [0.1, 0.15) is 55.8 Å². The minimum atomic E-state index is -4.66. The average Bonchev–Trinajstić information content (AvgIpc) is 3.45. The molecule has 1 N–H and O–H groups in total. The summed E-state index contributed by atoms with van der Waals surface area (Å²) >= 11 is 6.23. The lowest BCUT2D eigenvalue weighted by Crippen LogP contribution is -2.46. The fourth-order valence-corrected chi connectivity index (χ4v) is 5.61. The van der Waals surface area contributed by atoms with Gasteiger partial charge in [0, 0.05) is 41.2 Å². The number of amides is 2. The first-order chi connectivity index (χ1) is 20.0. The molecule has 8 nitrogen and oxygen atoms in total. The summed E-state index contributed by atoms with van der Waals surface area (Å²) in [6.07, 6.45) is 0.0913.